The molecule has 0 spiro atoms. The number of rotatable bonds is 2. The lowest BCUT2D eigenvalue weighted by molar-refractivity contribution is -0.130. The highest BCUT2D eigenvalue weighted by Gasteiger charge is 2.44. The van der Waals surface area contributed by atoms with Gasteiger partial charge in [0.25, 0.3) is 5.56 Å². The maximum Gasteiger partial charge on any atom is 0.263 e. The number of hydrogen-bond donors (Lipinski definition) is 4. The van der Waals surface area contributed by atoms with Crippen LogP contribution >= 0.6 is 0 Å². The van der Waals surface area contributed by atoms with Crippen LogP contribution in [-0.4, -0.2) is 54.6 Å². The maximum absolute atomic E-state index is 11.9. The zero-order valence-electron chi connectivity index (χ0n) is 10.1. The van der Waals surface area contributed by atoms with Crippen molar-refractivity contribution in [1.82, 2.24) is 19.7 Å². The molecule has 0 aromatic carbocycles. The molecular formula is C10H11N5O5. The molecule has 0 unspecified atom stereocenters. The van der Waals surface area contributed by atoms with Crippen LogP contribution in [0.3, 0.4) is 0 Å². The van der Waals surface area contributed by atoms with Crippen molar-refractivity contribution in [1.29, 1.82) is 0 Å². The van der Waals surface area contributed by atoms with Crippen molar-refractivity contribution in [3.63, 3.8) is 0 Å². The van der Waals surface area contributed by atoms with E-state index in [-0.39, 0.29) is 17.0 Å². The minimum Gasteiger partial charge on any atom is -0.394 e. The van der Waals surface area contributed by atoms with E-state index in [9.17, 15) is 14.7 Å². The Hall–Kier alpha value is -2.30. The van der Waals surface area contributed by atoms with Crippen LogP contribution in [0, 0.1) is 0 Å². The summed E-state index contributed by atoms with van der Waals surface area (Å²) in [5.74, 6) is -0.802. The highest BCUT2D eigenvalue weighted by Crippen LogP contribution is 2.26. The number of ether oxygens (including phenoxy) is 1. The molecule has 1 aliphatic rings. The number of nitrogen functional groups attached to an aromatic ring is 1. The number of carbonyl (C=O) groups is 1. The summed E-state index contributed by atoms with van der Waals surface area (Å²) in [4.78, 5) is 29.7. The second-order valence-electron chi connectivity index (χ2n) is 4.33. The molecule has 10 heteroatoms. The molecule has 0 aliphatic carbocycles. The lowest BCUT2D eigenvalue weighted by atomic mass is 10.2. The highest BCUT2D eigenvalue weighted by atomic mass is 16.6. The minimum absolute atomic E-state index is 0.0652. The number of aliphatic hydroxyl groups is 2. The lowest BCUT2D eigenvalue weighted by Crippen LogP contribution is -2.29. The van der Waals surface area contributed by atoms with Gasteiger partial charge in [0.2, 0.25) is 18.0 Å². The molecule has 1 saturated heterocycles. The molecule has 10 nitrogen and oxygen atoms in total. The number of H-pyrrole nitrogens is 1. The summed E-state index contributed by atoms with van der Waals surface area (Å²) in [5, 5.41) is 22.6. The Balaban J connectivity index is 2.12. The van der Waals surface area contributed by atoms with Gasteiger partial charge in [-0.3, -0.25) is 14.6 Å². The van der Waals surface area contributed by atoms with E-state index in [2.05, 4.69) is 15.1 Å². The smallest absolute Gasteiger partial charge is 0.263 e. The third-order valence-corrected chi connectivity index (χ3v) is 3.07. The topological polar surface area (TPSA) is 156 Å². The number of nitrogens with two attached hydrogens (primary N) is 1. The van der Waals surface area contributed by atoms with Gasteiger partial charge in [-0.1, -0.05) is 0 Å². The summed E-state index contributed by atoms with van der Waals surface area (Å²) in [5.41, 5.74) is 5.01. The van der Waals surface area contributed by atoms with Crippen LogP contribution in [0.2, 0.25) is 0 Å². The predicted octanol–water partition coefficient (Wildman–Crippen LogP) is -2.48. The SMILES string of the molecule is Nc1nc2c(cnn2[C@@H]2O[C@H](CO)[C@@H](O)C2=O)c(=O)[nH]1. The fourth-order valence-electron chi connectivity index (χ4n) is 2.08. The molecule has 3 heterocycles. The minimum atomic E-state index is -1.46. The first-order valence-electron chi connectivity index (χ1n) is 5.74. The van der Waals surface area contributed by atoms with Gasteiger partial charge in [0, 0.05) is 0 Å². The van der Waals surface area contributed by atoms with Gasteiger partial charge in [-0.05, 0) is 0 Å². The Bertz CT molecular complexity index is 737. The molecule has 106 valence electrons. The first kappa shape index (κ1) is 12.7. The molecule has 3 atom stereocenters. The van der Waals surface area contributed by atoms with E-state index in [0.717, 1.165) is 4.68 Å². The highest BCUT2D eigenvalue weighted by molar-refractivity contribution is 5.89. The average molecular weight is 281 g/mol. The number of hydrogen-bond acceptors (Lipinski definition) is 8. The van der Waals surface area contributed by atoms with Crippen LogP contribution in [0.1, 0.15) is 6.23 Å². The van der Waals surface area contributed by atoms with Crippen molar-refractivity contribution in [3.8, 4) is 0 Å². The van der Waals surface area contributed by atoms with Gasteiger partial charge in [0.15, 0.2) is 5.65 Å². The zero-order chi connectivity index (χ0) is 14.4. The summed E-state index contributed by atoms with van der Waals surface area (Å²) >= 11 is 0. The number of carbonyl (C=O) groups excluding carboxylic acids is 1. The number of nitrogens with zero attached hydrogens (tertiary/aromatic N) is 3. The number of nitrogens with one attached hydrogen (secondary N) is 1. The first-order valence-corrected chi connectivity index (χ1v) is 5.74. The maximum atomic E-state index is 11.9. The van der Waals surface area contributed by atoms with Gasteiger partial charge in [0.1, 0.15) is 17.6 Å². The van der Waals surface area contributed by atoms with Gasteiger partial charge in [-0.25, -0.2) is 4.68 Å². The number of aliphatic hydroxyl groups excluding tert-OH is 2. The van der Waals surface area contributed by atoms with Gasteiger partial charge >= 0.3 is 0 Å². The van der Waals surface area contributed by atoms with Crippen molar-refractivity contribution in [2.75, 3.05) is 12.3 Å². The van der Waals surface area contributed by atoms with Crippen molar-refractivity contribution < 1.29 is 19.7 Å². The summed E-state index contributed by atoms with van der Waals surface area (Å²) in [6.45, 7) is -0.515. The molecule has 1 aliphatic heterocycles. The molecule has 0 bridgehead atoms. The summed E-state index contributed by atoms with van der Waals surface area (Å²) in [6, 6.07) is 0. The Morgan fingerprint density at radius 1 is 1.50 bits per heavy atom. The van der Waals surface area contributed by atoms with Crippen LogP contribution in [0.5, 0.6) is 0 Å². The molecule has 5 N–H and O–H groups in total. The number of anilines is 1. The van der Waals surface area contributed by atoms with Gasteiger partial charge in [-0.2, -0.15) is 10.1 Å². The molecule has 0 radical (unpaired) electrons. The largest absolute Gasteiger partial charge is 0.394 e. The molecule has 2 aromatic heterocycles. The predicted molar refractivity (Wildman–Crippen MR) is 64.6 cm³/mol. The Morgan fingerprint density at radius 2 is 2.25 bits per heavy atom. The average Bonchev–Trinajstić information content (AvgIpc) is 2.93. The van der Waals surface area contributed by atoms with Gasteiger partial charge in [0.05, 0.1) is 12.8 Å². The fraction of sp³-hybridized carbons (Fsp3) is 0.400. The molecular weight excluding hydrogens is 270 g/mol. The van der Waals surface area contributed by atoms with E-state index in [1.807, 2.05) is 0 Å². The van der Waals surface area contributed by atoms with Crippen LogP contribution in [0.15, 0.2) is 11.0 Å². The van der Waals surface area contributed by atoms with Crippen LogP contribution in [-0.2, 0) is 9.53 Å². The molecule has 3 rings (SSSR count). The molecule has 0 saturated carbocycles. The summed E-state index contributed by atoms with van der Waals surface area (Å²) < 4.78 is 6.28. The van der Waals surface area contributed by atoms with Crippen molar-refractivity contribution in [3.05, 3.63) is 16.6 Å². The van der Waals surface area contributed by atoms with Gasteiger partial charge < -0.3 is 20.7 Å². The van der Waals surface area contributed by atoms with E-state index < -0.39 is 36.4 Å². The Kier molecular flexibility index (Phi) is 2.78. The lowest BCUT2D eigenvalue weighted by Gasteiger charge is -2.11. The van der Waals surface area contributed by atoms with E-state index in [1.54, 1.807) is 0 Å². The standard InChI is InChI=1S/C10H11N5O5/c11-10-13-7-3(8(19)14-10)1-12-15(7)9-6(18)5(17)4(2-16)20-9/h1,4-5,9,16-17H,2H2,(H3,11,13,14,19)/t4-,5-,9-/m1/s1. The van der Waals surface area contributed by atoms with Crippen LogP contribution in [0.4, 0.5) is 5.95 Å². The molecule has 1 fully saturated rings. The zero-order valence-corrected chi connectivity index (χ0v) is 10.1. The van der Waals surface area contributed by atoms with Crippen molar-refractivity contribution in [2.24, 2.45) is 0 Å². The monoisotopic (exact) mass is 281 g/mol. The normalized spacial score (nSPS) is 26.5. The number of ketones is 1. The molecule has 20 heavy (non-hydrogen) atoms. The molecule has 0 amide bonds. The summed E-state index contributed by atoms with van der Waals surface area (Å²) in [7, 11) is 0. The Morgan fingerprint density at radius 3 is 2.90 bits per heavy atom. The van der Waals surface area contributed by atoms with Crippen molar-refractivity contribution in [2.45, 2.75) is 18.4 Å². The third-order valence-electron chi connectivity index (χ3n) is 3.07. The first-order chi connectivity index (χ1) is 9.52. The van der Waals surface area contributed by atoms with Crippen LogP contribution in [0.25, 0.3) is 11.0 Å². The number of aromatic nitrogens is 4. The number of aromatic amines is 1. The van der Waals surface area contributed by atoms with Crippen LogP contribution < -0.4 is 11.3 Å². The number of Topliss-reactive ketones (excluding diaryl/α,β-unsaturated/α-hetero) is 1. The Labute approximate surface area is 110 Å². The van der Waals surface area contributed by atoms with E-state index in [1.165, 1.54) is 6.20 Å². The number of fused-ring (bicyclic) bond motifs is 1. The van der Waals surface area contributed by atoms with E-state index in [4.69, 9.17) is 15.6 Å². The summed E-state index contributed by atoms with van der Waals surface area (Å²) in [6.07, 6.45) is -2.53. The van der Waals surface area contributed by atoms with Gasteiger partial charge in [-0.15, -0.1) is 0 Å². The van der Waals surface area contributed by atoms with Crippen molar-refractivity contribution >= 4 is 22.8 Å². The van der Waals surface area contributed by atoms with E-state index >= 15 is 0 Å². The third kappa shape index (κ3) is 1.70. The quantitative estimate of drug-likeness (QED) is 0.471. The van der Waals surface area contributed by atoms with E-state index in [0.29, 0.717) is 0 Å². The second kappa shape index (κ2) is 4.37. The fourth-order valence-corrected chi connectivity index (χ4v) is 2.08. The second-order valence-corrected chi connectivity index (χ2v) is 4.33. The molecule has 2 aromatic rings.